The number of hydrogen-bond acceptors (Lipinski definition) is 7. The molecule has 1 N–H and O–H groups in total. The fraction of sp³-hybridized carbons (Fsp3) is 0.571. The summed E-state index contributed by atoms with van der Waals surface area (Å²) in [6, 6.07) is 5.78. The molecule has 1 amide bonds. The van der Waals surface area contributed by atoms with Gasteiger partial charge in [0, 0.05) is 25.2 Å². The quantitative estimate of drug-likeness (QED) is 0.640. The number of ether oxygens (including phenoxy) is 2. The molecule has 1 saturated carbocycles. The Labute approximate surface area is 181 Å². The Kier molecular flexibility index (Phi) is 6.36. The lowest BCUT2D eigenvalue weighted by atomic mass is 10.00. The maximum absolute atomic E-state index is 12.6. The first-order chi connectivity index (χ1) is 14.6. The maximum Gasteiger partial charge on any atom is 0.234 e. The molecule has 0 bridgehead atoms. The van der Waals surface area contributed by atoms with E-state index < -0.39 is 0 Å². The summed E-state index contributed by atoms with van der Waals surface area (Å²) in [7, 11) is 3.17. The molecule has 2 fully saturated rings. The molecular formula is C21H29N5O3S. The highest BCUT2D eigenvalue weighted by Crippen LogP contribution is 2.41. The average molecular weight is 432 g/mol. The Bertz CT molecular complexity index is 891. The van der Waals surface area contributed by atoms with E-state index in [1.54, 1.807) is 32.4 Å². The number of aromatic nitrogens is 3. The van der Waals surface area contributed by atoms with E-state index >= 15 is 0 Å². The Morgan fingerprint density at radius 3 is 2.60 bits per heavy atom. The number of methoxy groups -OCH3 is 2. The molecule has 0 radical (unpaired) electrons. The van der Waals surface area contributed by atoms with Crippen LogP contribution in [0.3, 0.4) is 0 Å². The minimum absolute atomic E-state index is 0.109. The van der Waals surface area contributed by atoms with Gasteiger partial charge in [-0.1, -0.05) is 18.7 Å². The van der Waals surface area contributed by atoms with Crippen molar-refractivity contribution in [1.82, 2.24) is 14.8 Å². The third kappa shape index (κ3) is 4.66. The molecule has 1 aliphatic carbocycles. The van der Waals surface area contributed by atoms with Crippen LogP contribution >= 0.6 is 11.8 Å². The van der Waals surface area contributed by atoms with Crippen molar-refractivity contribution in [2.45, 2.75) is 43.8 Å². The number of amides is 1. The van der Waals surface area contributed by atoms with Gasteiger partial charge in [0.05, 0.1) is 25.7 Å². The van der Waals surface area contributed by atoms with Gasteiger partial charge in [-0.25, -0.2) is 0 Å². The molecule has 1 aliphatic heterocycles. The van der Waals surface area contributed by atoms with Crippen LogP contribution in [-0.4, -0.2) is 53.7 Å². The van der Waals surface area contributed by atoms with Crippen LogP contribution < -0.4 is 19.7 Å². The van der Waals surface area contributed by atoms with E-state index in [9.17, 15) is 4.79 Å². The second-order valence-corrected chi connectivity index (χ2v) is 8.90. The summed E-state index contributed by atoms with van der Waals surface area (Å²) >= 11 is 1.43. The summed E-state index contributed by atoms with van der Waals surface area (Å²) in [6.45, 7) is 4.35. The Morgan fingerprint density at radius 1 is 1.17 bits per heavy atom. The monoisotopic (exact) mass is 431 g/mol. The number of hydrogen-bond donors (Lipinski definition) is 1. The van der Waals surface area contributed by atoms with Gasteiger partial charge in [-0.2, -0.15) is 0 Å². The van der Waals surface area contributed by atoms with Crippen LogP contribution in [0.2, 0.25) is 0 Å². The first-order valence-corrected chi connectivity index (χ1v) is 11.4. The standard InChI is InChI=1S/C21H29N5O3S/c1-14-8-10-25(11-9-14)20-23-24-21(26(20)15-4-5-15)30-13-19(27)22-17-7-6-16(28-2)12-18(17)29-3/h6-7,12,14-15H,4-5,8-11,13H2,1-3H3,(H,22,27). The normalized spacial score (nSPS) is 17.1. The Balaban J connectivity index is 1.41. The van der Waals surface area contributed by atoms with Gasteiger partial charge in [0.15, 0.2) is 5.16 Å². The molecule has 30 heavy (non-hydrogen) atoms. The molecule has 2 aliphatic rings. The zero-order valence-electron chi connectivity index (χ0n) is 17.8. The zero-order chi connectivity index (χ0) is 21.1. The molecule has 0 unspecified atom stereocenters. The van der Waals surface area contributed by atoms with Gasteiger partial charge in [-0.05, 0) is 43.7 Å². The van der Waals surface area contributed by atoms with Gasteiger partial charge in [-0.15, -0.1) is 10.2 Å². The largest absolute Gasteiger partial charge is 0.497 e. The predicted molar refractivity (Wildman–Crippen MR) is 118 cm³/mol. The maximum atomic E-state index is 12.6. The van der Waals surface area contributed by atoms with Crippen molar-refractivity contribution in [1.29, 1.82) is 0 Å². The highest BCUT2D eigenvalue weighted by Gasteiger charge is 2.32. The summed E-state index contributed by atoms with van der Waals surface area (Å²) < 4.78 is 12.8. The van der Waals surface area contributed by atoms with E-state index in [0.717, 1.165) is 43.0 Å². The summed E-state index contributed by atoms with van der Waals surface area (Å²) in [5.74, 6) is 3.13. The fourth-order valence-corrected chi connectivity index (χ4v) is 4.46. The van der Waals surface area contributed by atoms with E-state index in [4.69, 9.17) is 9.47 Å². The Hall–Kier alpha value is -2.42. The minimum atomic E-state index is -0.109. The zero-order valence-corrected chi connectivity index (χ0v) is 18.6. The molecule has 8 nitrogen and oxygen atoms in total. The number of thioether (sulfide) groups is 1. The summed E-state index contributed by atoms with van der Waals surface area (Å²) in [6.07, 6.45) is 4.67. The molecule has 2 heterocycles. The van der Waals surface area contributed by atoms with Crippen molar-refractivity contribution >= 4 is 29.3 Å². The average Bonchev–Trinajstić information content (AvgIpc) is 3.52. The topological polar surface area (TPSA) is 81.5 Å². The predicted octanol–water partition coefficient (Wildman–Crippen LogP) is 3.60. The third-order valence-corrected chi connectivity index (χ3v) is 6.58. The van der Waals surface area contributed by atoms with Crippen molar-refractivity contribution < 1.29 is 14.3 Å². The molecule has 0 atom stereocenters. The highest BCUT2D eigenvalue weighted by atomic mass is 32.2. The molecule has 162 valence electrons. The number of nitrogens with one attached hydrogen (secondary N) is 1. The molecule has 0 spiro atoms. The van der Waals surface area contributed by atoms with Gasteiger partial charge in [-0.3, -0.25) is 9.36 Å². The van der Waals surface area contributed by atoms with Crippen LogP contribution in [0.15, 0.2) is 23.4 Å². The van der Waals surface area contributed by atoms with E-state index in [-0.39, 0.29) is 11.7 Å². The number of benzene rings is 1. The molecule has 1 saturated heterocycles. The summed E-state index contributed by atoms with van der Waals surface area (Å²) in [4.78, 5) is 14.9. The number of piperidine rings is 1. The number of anilines is 2. The molecule has 2 aromatic rings. The second kappa shape index (κ2) is 9.16. The first kappa shape index (κ1) is 20.8. The van der Waals surface area contributed by atoms with E-state index in [0.29, 0.717) is 23.2 Å². The second-order valence-electron chi connectivity index (χ2n) is 7.96. The SMILES string of the molecule is COc1ccc(NC(=O)CSc2nnc(N3CCC(C)CC3)n2C2CC2)c(OC)c1. The molecular weight excluding hydrogens is 402 g/mol. The van der Waals surface area contributed by atoms with Crippen LogP contribution in [0, 0.1) is 5.92 Å². The first-order valence-electron chi connectivity index (χ1n) is 10.4. The van der Waals surface area contributed by atoms with Crippen LogP contribution in [-0.2, 0) is 4.79 Å². The van der Waals surface area contributed by atoms with Crippen molar-refractivity contribution in [2.24, 2.45) is 5.92 Å². The minimum Gasteiger partial charge on any atom is -0.497 e. The van der Waals surface area contributed by atoms with Crippen molar-refractivity contribution in [3.05, 3.63) is 18.2 Å². The van der Waals surface area contributed by atoms with Crippen molar-refractivity contribution in [2.75, 3.05) is 43.3 Å². The number of rotatable bonds is 8. The molecule has 9 heteroatoms. The van der Waals surface area contributed by atoms with E-state index in [1.165, 1.54) is 24.6 Å². The fourth-order valence-electron chi connectivity index (χ4n) is 3.66. The lowest BCUT2D eigenvalue weighted by molar-refractivity contribution is -0.113. The van der Waals surface area contributed by atoms with Crippen molar-refractivity contribution in [3.8, 4) is 11.5 Å². The summed E-state index contributed by atoms with van der Waals surface area (Å²) in [5.41, 5.74) is 0.621. The number of carbonyl (C=O) groups is 1. The van der Waals surface area contributed by atoms with Crippen molar-refractivity contribution in [3.63, 3.8) is 0 Å². The van der Waals surface area contributed by atoms with Gasteiger partial charge in [0.1, 0.15) is 11.5 Å². The summed E-state index contributed by atoms with van der Waals surface area (Å²) in [5, 5.41) is 12.6. The third-order valence-electron chi connectivity index (χ3n) is 5.64. The van der Waals surface area contributed by atoms with E-state index in [2.05, 4.69) is 31.9 Å². The molecule has 1 aromatic heterocycles. The van der Waals surface area contributed by atoms with Crippen LogP contribution in [0.25, 0.3) is 0 Å². The Morgan fingerprint density at radius 2 is 1.93 bits per heavy atom. The van der Waals surface area contributed by atoms with Crippen LogP contribution in [0.1, 0.15) is 38.6 Å². The van der Waals surface area contributed by atoms with Crippen LogP contribution in [0.5, 0.6) is 11.5 Å². The number of nitrogens with zero attached hydrogens (tertiary/aromatic N) is 4. The van der Waals surface area contributed by atoms with Gasteiger partial charge in [0.2, 0.25) is 11.9 Å². The lowest BCUT2D eigenvalue weighted by Crippen LogP contribution is -2.34. The van der Waals surface area contributed by atoms with Gasteiger partial charge in [0.25, 0.3) is 0 Å². The highest BCUT2D eigenvalue weighted by molar-refractivity contribution is 7.99. The smallest absolute Gasteiger partial charge is 0.234 e. The molecule has 1 aromatic carbocycles. The molecule has 4 rings (SSSR count). The van der Waals surface area contributed by atoms with Gasteiger partial charge >= 0.3 is 0 Å². The number of carbonyl (C=O) groups excluding carboxylic acids is 1. The van der Waals surface area contributed by atoms with E-state index in [1.807, 2.05) is 0 Å². The van der Waals surface area contributed by atoms with Gasteiger partial charge < -0.3 is 19.7 Å². The van der Waals surface area contributed by atoms with Crippen LogP contribution in [0.4, 0.5) is 11.6 Å². The lowest BCUT2D eigenvalue weighted by Gasteiger charge is -2.31.